The number of ketones is 2. The molecule has 0 spiro atoms. The van der Waals surface area contributed by atoms with Gasteiger partial charge in [0.2, 0.25) is 0 Å². The molecule has 0 amide bonds. The molecule has 1 unspecified atom stereocenters. The van der Waals surface area contributed by atoms with Gasteiger partial charge in [-0.2, -0.15) is 0 Å². The van der Waals surface area contributed by atoms with Gasteiger partial charge in [-0.25, -0.2) is 0 Å². The van der Waals surface area contributed by atoms with Gasteiger partial charge < -0.3 is 4.74 Å². The van der Waals surface area contributed by atoms with Gasteiger partial charge in [0, 0.05) is 11.1 Å². The van der Waals surface area contributed by atoms with E-state index in [-0.39, 0.29) is 17.7 Å². The van der Waals surface area contributed by atoms with Crippen LogP contribution in [0.25, 0.3) is 0 Å². The van der Waals surface area contributed by atoms with Crippen molar-refractivity contribution in [3.05, 3.63) is 71.8 Å². The van der Waals surface area contributed by atoms with Crippen LogP contribution < -0.4 is 0 Å². The van der Waals surface area contributed by atoms with Gasteiger partial charge in [0.25, 0.3) is 0 Å². The molecule has 1 aliphatic heterocycles. The Hall–Kier alpha value is -2.26. The summed E-state index contributed by atoms with van der Waals surface area (Å²) in [5.74, 6) is -0.282. The first-order valence-corrected chi connectivity index (χ1v) is 7.42. The van der Waals surface area contributed by atoms with Gasteiger partial charge in [-0.15, -0.1) is 0 Å². The molecule has 2 aromatic carbocycles. The maximum atomic E-state index is 13.0. The molecule has 3 heteroatoms. The Bertz CT molecular complexity index is 621. The molecule has 112 valence electrons. The number of carbonyl (C=O) groups is 2. The third kappa shape index (κ3) is 2.85. The Balaban J connectivity index is 1.97. The first-order chi connectivity index (χ1) is 10.6. The molecule has 1 fully saturated rings. The van der Waals surface area contributed by atoms with Crippen LogP contribution in [0, 0.1) is 5.41 Å². The van der Waals surface area contributed by atoms with Crippen molar-refractivity contribution in [1.82, 2.24) is 0 Å². The standard InChI is InChI=1S/C19H18O3/c1-19(12-16-13-22-16,17(20)14-8-4-2-5-9-14)18(21)15-10-6-3-7-11-15/h2-11,16H,12-13H2,1H3. The van der Waals surface area contributed by atoms with Crippen LogP contribution in [-0.4, -0.2) is 24.3 Å². The van der Waals surface area contributed by atoms with E-state index < -0.39 is 5.41 Å². The topological polar surface area (TPSA) is 46.7 Å². The lowest BCUT2D eigenvalue weighted by atomic mass is 9.73. The summed E-state index contributed by atoms with van der Waals surface area (Å²) in [6.07, 6.45) is 0.430. The summed E-state index contributed by atoms with van der Waals surface area (Å²) in [5, 5.41) is 0. The van der Waals surface area contributed by atoms with Gasteiger partial charge in [0.05, 0.1) is 18.1 Å². The molecule has 0 aromatic heterocycles. The zero-order valence-corrected chi connectivity index (χ0v) is 12.5. The van der Waals surface area contributed by atoms with Crippen LogP contribution in [0.4, 0.5) is 0 Å². The molecule has 0 radical (unpaired) electrons. The highest BCUT2D eigenvalue weighted by Crippen LogP contribution is 2.36. The fourth-order valence-corrected chi connectivity index (χ4v) is 2.75. The minimum absolute atomic E-state index is 0.00493. The number of hydrogen-bond donors (Lipinski definition) is 0. The maximum absolute atomic E-state index is 13.0. The van der Waals surface area contributed by atoms with E-state index in [0.717, 1.165) is 0 Å². The number of epoxide rings is 1. The molecule has 22 heavy (non-hydrogen) atoms. The first kappa shape index (κ1) is 14.7. The van der Waals surface area contributed by atoms with Gasteiger partial charge in [0.15, 0.2) is 11.6 Å². The van der Waals surface area contributed by atoms with Gasteiger partial charge in [-0.1, -0.05) is 60.7 Å². The molecule has 0 aliphatic carbocycles. The molecule has 0 saturated carbocycles. The van der Waals surface area contributed by atoms with Crippen LogP contribution in [0.1, 0.15) is 34.1 Å². The number of ether oxygens (including phenoxy) is 1. The molecule has 1 atom stereocenters. The highest BCUT2D eigenvalue weighted by Gasteiger charge is 2.46. The second-order valence-electron chi connectivity index (χ2n) is 5.88. The number of Topliss-reactive ketones (excluding diaryl/α,β-unsaturated/α-hetero) is 2. The fraction of sp³-hybridized carbons (Fsp3) is 0.263. The van der Waals surface area contributed by atoms with Gasteiger partial charge in [-0.3, -0.25) is 9.59 Å². The summed E-state index contributed by atoms with van der Waals surface area (Å²) in [5.41, 5.74) is 0.0361. The lowest BCUT2D eigenvalue weighted by Gasteiger charge is -2.26. The molecule has 1 aliphatic rings. The summed E-state index contributed by atoms with van der Waals surface area (Å²) < 4.78 is 5.27. The highest BCUT2D eigenvalue weighted by atomic mass is 16.6. The Labute approximate surface area is 129 Å². The summed E-state index contributed by atoms with van der Waals surface area (Å²) in [4.78, 5) is 25.9. The third-order valence-electron chi connectivity index (χ3n) is 4.11. The Morgan fingerprint density at radius 2 is 1.36 bits per heavy atom. The molecule has 1 heterocycles. The number of benzene rings is 2. The summed E-state index contributed by atoms with van der Waals surface area (Å²) in [6.45, 7) is 2.36. The van der Waals surface area contributed by atoms with Crippen LogP contribution >= 0.6 is 0 Å². The van der Waals surface area contributed by atoms with Gasteiger partial charge >= 0.3 is 0 Å². The van der Waals surface area contributed by atoms with E-state index in [0.29, 0.717) is 24.2 Å². The van der Waals surface area contributed by atoms with E-state index in [1.165, 1.54) is 0 Å². The second-order valence-corrected chi connectivity index (χ2v) is 5.88. The molecular weight excluding hydrogens is 276 g/mol. The summed E-state index contributed by atoms with van der Waals surface area (Å²) >= 11 is 0. The SMILES string of the molecule is CC(CC1CO1)(C(=O)c1ccccc1)C(=O)c1ccccc1. The van der Waals surface area contributed by atoms with E-state index >= 15 is 0 Å². The fourth-order valence-electron chi connectivity index (χ4n) is 2.75. The lowest BCUT2D eigenvalue weighted by molar-refractivity contribution is 0.0659. The lowest BCUT2D eigenvalue weighted by Crippen LogP contribution is -2.38. The molecular formula is C19H18O3. The van der Waals surface area contributed by atoms with Crippen LogP contribution in [0.2, 0.25) is 0 Å². The minimum Gasteiger partial charge on any atom is -0.373 e. The van der Waals surface area contributed by atoms with Crippen molar-refractivity contribution in [2.45, 2.75) is 19.4 Å². The highest BCUT2D eigenvalue weighted by molar-refractivity contribution is 6.19. The molecule has 0 N–H and O–H groups in total. The Morgan fingerprint density at radius 1 is 0.955 bits per heavy atom. The van der Waals surface area contributed by atoms with Crippen LogP contribution in [0.5, 0.6) is 0 Å². The van der Waals surface area contributed by atoms with Crippen molar-refractivity contribution < 1.29 is 14.3 Å². The van der Waals surface area contributed by atoms with Crippen LogP contribution in [-0.2, 0) is 4.74 Å². The molecule has 2 aromatic rings. The zero-order chi connectivity index (χ0) is 15.6. The number of carbonyl (C=O) groups excluding carboxylic acids is 2. The van der Waals surface area contributed by atoms with Crippen molar-refractivity contribution in [1.29, 1.82) is 0 Å². The smallest absolute Gasteiger partial charge is 0.176 e. The molecule has 3 nitrogen and oxygen atoms in total. The van der Waals surface area contributed by atoms with E-state index in [1.54, 1.807) is 31.2 Å². The zero-order valence-electron chi connectivity index (χ0n) is 12.5. The first-order valence-electron chi connectivity index (χ1n) is 7.42. The van der Waals surface area contributed by atoms with E-state index in [9.17, 15) is 9.59 Å². The van der Waals surface area contributed by atoms with Crippen molar-refractivity contribution in [3.8, 4) is 0 Å². The molecule has 1 saturated heterocycles. The van der Waals surface area contributed by atoms with Crippen molar-refractivity contribution in [2.24, 2.45) is 5.41 Å². The van der Waals surface area contributed by atoms with E-state index in [4.69, 9.17) is 4.74 Å². The summed E-state index contributed by atoms with van der Waals surface area (Å²) in [6, 6.07) is 18.0. The third-order valence-corrected chi connectivity index (χ3v) is 4.11. The van der Waals surface area contributed by atoms with Crippen LogP contribution in [0.15, 0.2) is 60.7 Å². The van der Waals surface area contributed by atoms with Crippen molar-refractivity contribution >= 4 is 11.6 Å². The van der Waals surface area contributed by atoms with Crippen molar-refractivity contribution in [3.63, 3.8) is 0 Å². The van der Waals surface area contributed by atoms with E-state index in [2.05, 4.69) is 0 Å². The predicted octanol–water partition coefficient (Wildman–Crippen LogP) is 3.55. The monoisotopic (exact) mass is 294 g/mol. The minimum atomic E-state index is -1.09. The largest absolute Gasteiger partial charge is 0.373 e. The maximum Gasteiger partial charge on any atom is 0.176 e. The van der Waals surface area contributed by atoms with Crippen molar-refractivity contribution in [2.75, 3.05) is 6.61 Å². The number of rotatable bonds is 6. The molecule has 0 bridgehead atoms. The Morgan fingerprint density at radius 3 is 1.73 bits per heavy atom. The number of hydrogen-bond acceptors (Lipinski definition) is 3. The normalized spacial score (nSPS) is 17.0. The van der Waals surface area contributed by atoms with E-state index in [1.807, 2.05) is 36.4 Å². The quantitative estimate of drug-likeness (QED) is 0.465. The van der Waals surface area contributed by atoms with Crippen LogP contribution in [0.3, 0.4) is 0 Å². The second kappa shape index (κ2) is 5.85. The average molecular weight is 294 g/mol. The Kier molecular flexibility index (Phi) is 3.90. The van der Waals surface area contributed by atoms with Gasteiger partial charge in [-0.05, 0) is 13.3 Å². The average Bonchev–Trinajstić information content (AvgIpc) is 3.38. The van der Waals surface area contributed by atoms with Gasteiger partial charge in [0.1, 0.15) is 0 Å². The summed E-state index contributed by atoms with van der Waals surface area (Å²) in [7, 11) is 0. The molecule has 3 rings (SSSR count). The predicted molar refractivity (Wildman–Crippen MR) is 84.0 cm³/mol.